The largest absolute Gasteiger partial charge is 0.345 e. The molecule has 1 fully saturated rings. The lowest BCUT2D eigenvalue weighted by Crippen LogP contribution is -2.61. The smallest absolute Gasteiger partial charge is 0.316 e. The van der Waals surface area contributed by atoms with Gasteiger partial charge in [-0.3, -0.25) is 19.2 Å². The van der Waals surface area contributed by atoms with Crippen molar-refractivity contribution in [1.29, 1.82) is 0 Å². The molecular formula is C36H64N4O5. The predicted octanol–water partition coefficient (Wildman–Crippen LogP) is 6.94. The minimum atomic E-state index is -0.935. The molecule has 0 aromatic heterocycles. The third-order valence-corrected chi connectivity index (χ3v) is 6.91. The minimum Gasteiger partial charge on any atom is -0.345 e. The number of carbonyl (C=O) groups excluding carboxylic acids is 5. The van der Waals surface area contributed by atoms with E-state index in [-0.39, 0.29) is 29.3 Å². The van der Waals surface area contributed by atoms with Crippen LogP contribution in [0, 0.1) is 11.3 Å². The van der Waals surface area contributed by atoms with E-state index >= 15 is 0 Å². The monoisotopic (exact) mass is 632 g/mol. The van der Waals surface area contributed by atoms with E-state index in [1.807, 2.05) is 75.3 Å². The molecule has 3 N–H and O–H groups in total. The number of amides is 4. The fraction of sp³-hybridized carbons (Fsp3) is 0.694. The predicted molar refractivity (Wildman–Crippen MR) is 185 cm³/mol. The van der Waals surface area contributed by atoms with Crippen molar-refractivity contribution in [2.75, 3.05) is 6.54 Å². The number of carbonyl (C=O) groups is 5. The highest BCUT2D eigenvalue weighted by Crippen LogP contribution is 2.26. The average molecular weight is 633 g/mol. The Morgan fingerprint density at radius 3 is 1.87 bits per heavy atom. The summed E-state index contributed by atoms with van der Waals surface area (Å²) in [6.45, 7) is 25.2. The molecule has 0 radical (unpaired) electrons. The molecule has 4 atom stereocenters. The van der Waals surface area contributed by atoms with Crippen LogP contribution in [0.5, 0.6) is 0 Å². The Balaban J connectivity index is 0. The van der Waals surface area contributed by atoms with Gasteiger partial charge >= 0.3 is 6.03 Å². The first-order chi connectivity index (χ1) is 21.2. The summed E-state index contributed by atoms with van der Waals surface area (Å²) in [7, 11) is 0. The molecule has 1 aromatic rings. The molecule has 0 spiro atoms. The van der Waals surface area contributed by atoms with Gasteiger partial charge < -0.3 is 20.9 Å². The zero-order valence-electron chi connectivity index (χ0n) is 30.5. The molecule has 0 aliphatic carbocycles. The van der Waals surface area contributed by atoms with Crippen molar-refractivity contribution in [3.05, 3.63) is 35.9 Å². The van der Waals surface area contributed by atoms with Gasteiger partial charge in [-0.05, 0) is 37.5 Å². The van der Waals surface area contributed by atoms with Crippen LogP contribution >= 0.6 is 0 Å². The van der Waals surface area contributed by atoms with Gasteiger partial charge in [0.2, 0.25) is 11.8 Å². The summed E-state index contributed by atoms with van der Waals surface area (Å²) in [5, 5.41) is 8.36. The van der Waals surface area contributed by atoms with Gasteiger partial charge in [-0.25, -0.2) is 4.79 Å². The van der Waals surface area contributed by atoms with Crippen molar-refractivity contribution in [2.24, 2.45) is 11.3 Å². The molecule has 45 heavy (non-hydrogen) atoms. The van der Waals surface area contributed by atoms with Crippen molar-refractivity contribution < 1.29 is 24.0 Å². The zero-order valence-corrected chi connectivity index (χ0v) is 30.5. The van der Waals surface area contributed by atoms with Gasteiger partial charge in [0.1, 0.15) is 12.1 Å². The molecule has 1 heterocycles. The Morgan fingerprint density at radius 1 is 0.889 bits per heavy atom. The van der Waals surface area contributed by atoms with E-state index in [4.69, 9.17) is 0 Å². The fourth-order valence-corrected chi connectivity index (χ4v) is 4.68. The maximum absolute atomic E-state index is 13.7. The Labute approximate surface area is 274 Å². The number of Topliss-reactive ketones (excluding diaryl/α,β-unsaturated/α-hetero) is 2. The van der Waals surface area contributed by atoms with Crippen LogP contribution < -0.4 is 16.0 Å². The van der Waals surface area contributed by atoms with Gasteiger partial charge in [0, 0.05) is 12.1 Å². The van der Waals surface area contributed by atoms with Crippen LogP contribution in [-0.4, -0.2) is 65.0 Å². The van der Waals surface area contributed by atoms with Crippen molar-refractivity contribution in [3.8, 4) is 0 Å². The minimum absolute atomic E-state index is 0.119. The highest BCUT2D eigenvalue weighted by Gasteiger charge is 2.42. The normalized spacial score (nSPS) is 15.8. The van der Waals surface area contributed by atoms with Gasteiger partial charge in [-0.1, -0.05) is 126 Å². The summed E-state index contributed by atoms with van der Waals surface area (Å²) in [6.07, 6.45) is 3.66. The molecule has 9 heteroatoms. The molecule has 2 unspecified atom stereocenters. The van der Waals surface area contributed by atoms with E-state index < -0.39 is 35.6 Å². The lowest BCUT2D eigenvalue weighted by Gasteiger charge is -2.36. The fourth-order valence-electron chi connectivity index (χ4n) is 4.68. The molecule has 0 saturated carbocycles. The van der Waals surface area contributed by atoms with E-state index in [9.17, 15) is 24.0 Å². The van der Waals surface area contributed by atoms with Gasteiger partial charge in [0.05, 0.1) is 12.1 Å². The average Bonchev–Trinajstić information content (AvgIpc) is 3.50. The first kappa shape index (κ1) is 43.9. The summed E-state index contributed by atoms with van der Waals surface area (Å²) in [4.78, 5) is 66.5. The van der Waals surface area contributed by atoms with Gasteiger partial charge in [-0.15, -0.1) is 0 Å². The molecule has 1 aromatic carbocycles. The molecule has 1 aliphatic heterocycles. The molecule has 1 saturated heterocycles. The molecule has 258 valence electrons. The van der Waals surface area contributed by atoms with Crippen LogP contribution in [0.3, 0.4) is 0 Å². The quantitative estimate of drug-likeness (QED) is 0.228. The van der Waals surface area contributed by atoms with Gasteiger partial charge in [0.15, 0.2) is 11.6 Å². The summed E-state index contributed by atoms with van der Waals surface area (Å²) < 4.78 is 0. The van der Waals surface area contributed by atoms with Gasteiger partial charge in [-0.2, -0.15) is 0 Å². The summed E-state index contributed by atoms with van der Waals surface area (Å²) in [5.41, 5.74) is -0.174. The first-order valence-electron chi connectivity index (χ1n) is 17.0. The van der Waals surface area contributed by atoms with Crippen LogP contribution in [0.25, 0.3) is 0 Å². The summed E-state index contributed by atoms with van der Waals surface area (Å²) in [5.74, 6) is -1.23. The van der Waals surface area contributed by atoms with Crippen LogP contribution in [0.15, 0.2) is 30.3 Å². The Morgan fingerprint density at radius 2 is 1.42 bits per heavy atom. The number of rotatable bonds is 11. The molecule has 0 bridgehead atoms. The highest BCUT2D eigenvalue weighted by molar-refractivity contribution is 6.02. The van der Waals surface area contributed by atoms with E-state index in [0.717, 1.165) is 6.42 Å². The molecule has 1 aliphatic rings. The van der Waals surface area contributed by atoms with Crippen LogP contribution in [0.4, 0.5) is 4.79 Å². The number of likely N-dealkylation sites (tertiary alicyclic amines) is 1. The number of hydrogen-bond acceptors (Lipinski definition) is 5. The van der Waals surface area contributed by atoms with Gasteiger partial charge in [0.25, 0.3) is 0 Å². The molecule has 4 amide bonds. The van der Waals surface area contributed by atoms with Crippen molar-refractivity contribution in [2.45, 2.75) is 146 Å². The standard InChI is InChI=1S/C29H44N4O5.C3H8.2C2H6/c1-8-13-21(19(4)34)30-26(36)22-16-12-17-33(22)27(37)25(29(5,6)7)32-28(38)31-23(18(2)3)24(35)20-14-10-9-11-15-20;1-3-2;2*1-2/h9-11,14-15,18,21-23,25H,8,12-13,16-17H2,1-7H3,(H,30,36)(H2,31,32,38);3H2,1-2H3;2*1-2H3/t21?,22-,23?,25+;;;/m0.../s1. The van der Waals surface area contributed by atoms with Crippen LogP contribution in [0.1, 0.15) is 132 Å². The number of hydrogen-bond donors (Lipinski definition) is 3. The zero-order chi connectivity index (χ0) is 35.3. The third-order valence-electron chi connectivity index (χ3n) is 6.91. The molecule has 2 rings (SSSR count). The van der Waals surface area contributed by atoms with Crippen LogP contribution in [-0.2, 0) is 14.4 Å². The second kappa shape index (κ2) is 23.2. The molecular weight excluding hydrogens is 568 g/mol. The third kappa shape index (κ3) is 15.1. The maximum atomic E-state index is 13.7. The van der Waals surface area contributed by atoms with E-state index in [2.05, 4.69) is 29.8 Å². The number of nitrogens with zero attached hydrogens (tertiary/aromatic N) is 1. The second-order valence-electron chi connectivity index (χ2n) is 12.2. The van der Waals surface area contributed by atoms with E-state index in [0.29, 0.717) is 31.4 Å². The van der Waals surface area contributed by atoms with E-state index in [1.165, 1.54) is 18.2 Å². The first-order valence-corrected chi connectivity index (χ1v) is 17.0. The Bertz CT molecular complexity index is 1020. The van der Waals surface area contributed by atoms with Crippen molar-refractivity contribution >= 4 is 29.4 Å². The highest BCUT2D eigenvalue weighted by atomic mass is 16.2. The SMILES string of the molecule is CC.CC.CCC.CCCC(NC(=O)[C@@H]1CCCN1C(=O)[C@@H](NC(=O)NC(C(=O)c1ccccc1)C(C)C)C(C)(C)C)C(C)=O. The van der Waals surface area contributed by atoms with Crippen molar-refractivity contribution in [1.82, 2.24) is 20.9 Å². The lowest BCUT2D eigenvalue weighted by molar-refractivity contribution is -0.142. The van der Waals surface area contributed by atoms with Crippen LogP contribution in [0.2, 0.25) is 0 Å². The molecule has 9 nitrogen and oxygen atoms in total. The lowest BCUT2D eigenvalue weighted by atomic mass is 9.85. The Kier molecular flexibility index (Phi) is 22.6. The Hall–Kier alpha value is -3.23. The van der Waals surface area contributed by atoms with Crippen molar-refractivity contribution in [3.63, 3.8) is 0 Å². The number of ketones is 2. The summed E-state index contributed by atoms with van der Waals surface area (Å²) in [6, 6.07) is 5.13. The van der Waals surface area contributed by atoms with E-state index in [1.54, 1.807) is 24.3 Å². The second-order valence-corrected chi connectivity index (χ2v) is 12.2. The maximum Gasteiger partial charge on any atom is 0.316 e. The summed E-state index contributed by atoms with van der Waals surface area (Å²) >= 11 is 0. The number of benzene rings is 1. The topological polar surface area (TPSA) is 125 Å². The number of urea groups is 1. The number of nitrogens with one attached hydrogen (secondary N) is 3.